The van der Waals surface area contributed by atoms with Crippen LogP contribution in [-0.4, -0.2) is 125 Å². The van der Waals surface area contributed by atoms with Gasteiger partial charge in [-0.1, -0.05) is 6.07 Å². The van der Waals surface area contributed by atoms with E-state index in [2.05, 4.69) is 15.6 Å². The van der Waals surface area contributed by atoms with Crippen molar-refractivity contribution < 1.29 is 47.4 Å². The highest BCUT2D eigenvalue weighted by molar-refractivity contribution is 5.99. The van der Waals surface area contributed by atoms with Gasteiger partial charge in [0.2, 0.25) is 11.8 Å². The lowest BCUT2D eigenvalue weighted by molar-refractivity contribution is -0.155. The molecule has 3 fully saturated rings. The second-order valence-corrected chi connectivity index (χ2v) is 14.5. The average Bonchev–Trinajstić information content (AvgIpc) is 3.60. The molecule has 1 aromatic heterocycles. The van der Waals surface area contributed by atoms with E-state index in [1.54, 1.807) is 27.7 Å². The van der Waals surface area contributed by atoms with E-state index >= 15 is 4.39 Å². The molecule has 53 heavy (non-hydrogen) atoms. The fourth-order valence-corrected chi connectivity index (χ4v) is 6.54. The molecule has 1 aromatic carbocycles. The summed E-state index contributed by atoms with van der Waals surface area (Å²) in [5.41, 5.74) is -0.902. The zero-order valence-electron chi connectivity index (χ0n) is 30.8. The number of carbonyl (C=O) groups excluding carboxylic acids is 6. The van der Waals surface area contributed by atoms with E-state index in [0.717, 1.165) is 19.3 Å². The third-order valence-corrected chi connectivity index (χ3v) is 9.44. The standard InChI is InChI=1S/C37H49FN6O9/c1-5-51-36(50)43-19-17-42(18-20-43)35(49)26(14-15-31(46)53-37(2,3)4)41-33(47)27-21-29(32-24(38)11-7-12-25(32)40-27)52-22-30(45)44-16-8-13-28(44)34(48)39-23-9-6-10-23/h7,11-12,21,23,26,28H,5-6,8-10,13-20,22H2,1-4H3,(H,39,48)(H,41,47)/t26-,28-/m0/s1. The Balaban J connectivity index is 1.32. The van der Waals surface area contributed by atoms with Gasteiger partial charge in [0.25, 0.3) is 11.8 Å². The molecular weight excluding hydrogens is 691 g/mol. The number of fused-ring (bicyclic) bond motifs is 1. The number of ether oxygens (including phenoxy) is 3. The maximum absolute atomic E-state index is 15.2. The van der Waals surface area contributed by atoms with Crippen LogP contribution in [0.5, 0.6) is 5.75 Å². The Kier molecular flexibility index (Phi) is 12.7. The van der Waals surface area contributed by atoms with Crippen molar-refractivity contribution in [2.75, 3.05) is 45.9 Å². The van der Waals surface area contributed by atoms with Crippen molar-refractivity contribution in [1.82, 2.24) is 30.3 Å². The van der Waals surface area contributed by atoms with Crippen LogP contribution in [-0.2, 0) is 28.7 Å². The van der Waals surface area contributed by atoms with Crippen LogP contribution in [0.2, 0.25) is 0 Å². The van der Waals surface area contributed by atoms with Crippen molar-refractivity contribution in [2.45, 2.75) is 96.4 Å². The molecule has 2 saturated heterocycles. The van der Waals surface area contributed by atoms with Gasteiger partial charge in [-0.3, -0.25) is 24.0 Å². The summed E-state index contributed by atoms with van der Waals surface area (Å²) in [5.74, 6) is -3.29. The number of likely N-dealkylation sites (tertiary alicyclic amines) is 1. The van der Waals surface area contributed by atoms with E-state index in [1.807, 2.05) is 0 Å². The van der Waals surface area contributed by atoms with Crippen LogP contribution in [0.1, 0.15) is 83.1 Å². The summed E-state index contributed by atoms with van der Waals surface area (Å²) in [4.78, 5) is 87.5. The first-order valence-corrected chi connectivity index (χ1v) is 18.3. The van der Waals surface area contributed by atoms with Gasteiger partial charge in [-0.25, -0.2) is 14.2 Å². The van der Waals surface area contributed by atoms with Crippen LogP contribution >= 0.6 is 0 Å². The molecule has 16 heteroatoms. The van der Waals surface area contributed by atoms with Gasteiger partial charge in [0.15, 0.2) is 6.61 Å². The van der Waals surface area contributed by atoms with Crippen molar-refractivity contribution in [3.05, 3.63) is 35.8 Å². The number of hydrogen-bond donors (Lipinski definition) is 2. The summed E-state index contributed by atoms with van der Waals surface area (Å²) >= 11 is 0. The molecule has 0 spiro atoms. The highest BCUT2D eigenvalue weighted by Gasteiger charge is 2.36. The minimum Gasteiger partial charge on any atom is -0.483 e. The number of nitrogens with one attached hydrogen (secondary N) is 2. The quantitative estimate of drug-likeness (QED) is 0.308. The number of aromatic nitrogens is 1. The van der Waals surface area contributed by atoms with Crippen LogP contribution in [0, 0.1) is 5.82 Å². The number of amides is 5. The molecule has 2 atom stereocenters. The zero-order valence-corrected chi connectivity index (χ0v) is 30.8. The molecule has 1 aliphatic carbocycles. The van der Waals surface area contributed by atoms with Gasteiger partial charge < -0.3 is 39.5 Å². The molecule has 0 radical (unpaired) electrons. The summed E-state index contributed by atoms with van der Waals surface area (Å²) in [5, 5.41) is 5.64. The Morgan fingerprint density at radius 3 is 2.36 bits per heavy atom. The summed E-state index contributed by atoms with van der Waals surface area (Å²) in [6.45, 7) is 7.72. The molecule has 3 aliphatic rings. The third kappa shape index (κ3) is 10.1. The molecule has 3 heterocycles. The SMILES string of the molecule is CCOC(=O)N1CCN(C(=O)[C@H](CCC(=O)OC(C)(C)C)NC(=O)c2cc(OCC(=O)N3CCC[C@H]3C(=O)NC3CCC3)c3c(F)cccc3n2)CC1. The summed E-state index contributed by atoms with van der Waals surface area (Å²) in [6.07, 6.45) is 3.31. The predicted molar refractivity (Wildman–Crippen MR) is 189 cm³/mol. The summed E-state index contributed by atoms with van der Waals surface area (Å²) in [7, 11) is 0. The summed E-state index contributed by atoms with van der Waals surface area (Å²) in [6, 6.07) is 3.62. The minimum absolute atomic E-state index is 0.0467. The van der Waals surface area contributed by atoms with Crippen molar-refractivity contribution in [1.29, 1.82) is 0 Å². The predicted octanol–water partition coefficient (Wildman–Crippen LogP) is 2.93. The Labute approximate surface area is 307 Å². The molecule has 1 saturated carbocycles. The maximum Gasteiger partial charge on any atom is 0.409 e. The molecule has 2 aliphatic heterocycles. The van der Waals surface area contributed by atoms with Crippen LogP contribution in [0.25, 0.3) is 10.9 Å². The number of nitrogens with zero attached hydrogens (tertiary/aromatic N) is 4. The number of carbonyl (C=O) groups is 6. The van der Waals surface area contributed by atoms with Crippen LogP contribution in [0.3, 0.4) is 0 Å². The van der Waals surface area contributed by atoms with Gasteiger partial charge in [0.1, 0.15) is 34.9 Å². The first-order chi connectivity index (χ1) is 25.2. The lowest BCUT2D eigenvalue weighted by Crippen LogP contribution is -2.56. The molecular formula is C37H49FN6O9. The maximum atomic E-state index is 15.2. The first-order valence-electron chi connectivity index (χ1n) is 18.3. The first kappa shape index (κ1) is 39.2. The van der Waals surface area contributed by atoms with E-state index in [-0.39, 0.29) is 79.9 Å². The van der Waals surface area contributed by atoms with Gasteiger partial charge in [0.05, 0.1) is 17.5 Å². The Morgan fingerprint density at radius 2 is 1.70 bits per heavy atom. The Morgan fingerprint density at radius 1 is 0.981 bits per heavy atom. The molecule has 15 nitrogen and oxygen atoms in total. The second kappa shape index (κ2) is 17.2. The Bertz CT molecular complexity index is 1700. The van der Waals surface area contributed by atoms with Gasteiger partial charge in [-0.15, -0.1) is 0 Å². The normalized spacial score (nSPS) is 18.2. The number of benzene rings is 1. The van der Waals surface area contributed by atoms with Gasteiger partial charge in [-0.05, 0) is 78.4 Å². The molecule has 2 aromatic rings. The van der Waals surface area contributed by atoms with Crippen molar-refractivity contribution in [3.8, 4) is 5.75 Å². The molecule has 0 unspecified atom stereocenters. The Hall–Kier alpha value is -5.02. The largest absolute Gasteiger partial charge is 0.483 e. The molecule has 5 amide bonds. The van der Waals surface area contributed by atoms with E-state index in [1.165, 1.54) is 39.0 Å². The number of piperazine rings is 1. The monoisotopic (exact) mass is 740 g/mol. The number of halogens is 1. The van der Waals surface area contributed by atoms with E-state index in [9.17, 15) is 28.8 Å². The highest BCUT2D eigenvalue weighted by atomic mass is 19.1. The smallest absolute Gasteiger partial charge is 0.409 e. The fourth-order valence-electron chi connectivity index (χ4n) is 6.54. The zero-order chi connectivity index (χ0) is 38.3. The van der Waals surface area contributed by atoms with E-state index < -0.39 is 59.9 Å². The number of rotatable bonds is 12. The lowest BCUT2D eigenvalue weighted by Gasteiger charge is -2.36. The van der Waals surface area contributed by atoms with Gasteiger partial charge in [-0.2, -0.15) is 0 Å². The fraction of sp³-hybridized carbons (Fsp3) is 0.595. The lowest BCUT2D eigenvalue weighted by atomic mass is 9.93. The highest BCUT2D eigenvalue weighted by Crippen LogP contribution is 2.29. The minimum atomic E-state index is -1.18. The number of hydrogen-bond acceptors (Lipinski definition) is 10. The van der Waals surface area contributed by atoms with E-state index in [0.29, 0.717) is 19.4 Å². The van der Waals surface area contributed by atoms with Gasteiger partial charge in [0, 0.05) is 51.3 Å². The molecule has 5 rings (SSSR count). The second-order valence-electron chi connectivity index (χ2n) is 14.5. The van der Waals surface area contributed by atoms with Crippen molar-refractivity contribution in [3.63, 3.8) is 0 Å². The molecule has 288 valence electrons. The van der Waals surface area contributed by atoms with Crippen LogP contribution in [0.15, 0.2) is 24.3 Å². The van der Waals surface area contributed by atoms with Crippen LogP contribution in [0.4, 0.5) is 9.18 Å². The summed E-state index contributed by atoms with van der Waals surface area (Å²) < 4.78 is 31.5. The topological polar surface area (TPSA) is 177 Å². The van der Waals surface area contributed by atoms with Crippen molar-refractivity contribution in [2.24, 2.45) is 0 Å². The van der Waals surface area contributed by atoms with Gasteiger partial charge >= 0.3 is 12.1 Å². The van der Waals surface area contributed by atoms with Crippen LogP contribution < -0.4 is 15.4 Å². The number of pyridine rings is 1. The molecule has 0 bridgehead atoms. The third-order valence-electron chi connectivity index (χ3n) is 9.44. The van der Waals surface area contributed by atoms with E-state index in [4.69, 9.17) is 14.2 Å². The van der Waals surface area contributed by atoms with Crippen molar-refractivity contribution >= 4 is 46.6 Å². The molecule has 2 N–H and O–H groups in total. The average molecular weight is 741 g/mol. The number of esters is 1.